The summed E-state index contributed by atoms with van der Waals surface area (Å²) in [5.41, 5.74) is 0.453. The Labute approximate surface area is 81.0 Å². The highest BCUT2D eigenvalue weighted by Crippen LogP contribution is 2.34. The van der Waals surface area contributed by atoms with Crippen LogP contribution in [0.15, 0.2) is 0 Å². The highest BCUT2D eigenvalue weighted by atomic mass is 16.5. The van der Waals surface area contributed by atoms with Crippen LogP contribution in [0.1, 0.15) is 26.7 Å². The van der Waals surface area contributed by atoms with Crippen LogP contribution in [0.3, 0.4) is 0 Å². The van der Waals surface area contributed by atoms with Gasteiger partial charge in [0.05, 0.1) is 6.61 Å². The van der Waals surface area contributed by atoms with E-state index in [0.717, 1.165) is 38.1 Å². The molecule has 76 valence electrons. The number of hydrogen-bond acceptors (Lipinski definition) is 2. The molecular formula is C11H21NO. The second kappa shape index (κ2) is 3.58. The molecule has 0 aromatic rings. The average Bonchev–Trinajstić information content (AvgIpc) is 2.76. The lowest BCUT2D eigenvalue weighted by Crippen LogP contribution is -2.59. The Balaban J connectivity index is 1.70. The van der Waals surface area contributed by atoms with Crippen molar-refractivity contribution in [3.8, 4) is 0 Å². The van der Waals surface area contributed by atoms with E-state index < -0.39 is 0 Å². The van der Waals surface area contributed by atoms with E-state index >= 15 is 0 Å². The van der Waals surface area contributed by atoms with E-state index in [2.05, 4.69) is 19.2 Å². The van der Waals surface area contributed by atoms with Gasteiger partial charge in [-0.3, -0.25) is 0 Å². The molecule has 1 saturated heterocycles. The zero-order valence-corrected chi connectivity index (χ0v) is 8.81. The fourth-order valence-corrected chi connectivity index (χ4v) is 1.84. The first-order chi connectivity index (χ1) is 6.23. The molecule has 1 heterocycles. The van der Waals surface area contributed by atoms with Gasteiger partial charge in [-0.25, -0.2) is 0 Å². The summed E-state index contributed by atoms with van der Waals surface area (Å²) in [6, 6.07) is 0. The maximum atomic E-state index is 5.79. The summed E-state index contributed by atoms with van der Waals surface area (Å²) in [6.45, 7) is 8.88. The maximum Gasteiger partial charge on any atom is 0.0549 e. The lowest BCUT2D eigenvalue weighted by Gasteiger charge is -2.45. The van der Waals surface area contributed by atoms with Crippen LogP contribution in [0, 0.1) is 17.3 Å². The summed E-state index contributed by atoms with van der Waals surface area (Å²) in [5.74, 6) is 1.64. The Bertz CT molecular complexity index is 171. The van der Waals surface area contributed by atoms with Crippen molar-refractivity contribution in [3.63, 3.8) is 0 Å². The average molecular weight is 183 g/mol. The van der Waals surface area contributed by atoms with Gasteiger partial charge >= 0.3 is 0 Å². The van der Waals surface area contributed by atoms with Crippen molar-refractivity contribution >= 4 is 0 Å². The van der Waals surface area contributed by atoms with Gasteiger partial charge in [0.15, 0.2) is 0 Å². The van der Waals surface area contributed by atoms with Crippen LogP contribution in [0.4, 0.5) is 0 Å². The molecule has 2 rings (SSSR count). The normalized spacial score (nSPS) is 26.1. The molecule has 0 amide bonds. The third-order valence-corrected chi connectivity index (χ3v) is 3.62. The van der Waals surface area contributed by atoms with Gasteiger partial charge in [0.25, 0.3) is 0 Å². The molecule has 2 aliphatic rings. The van der Waals surface area contributed by atoms with Gasteiger partial charge in [0, 0.05) is 25.1 Å². The maximum absolute atomic E-state index is 5.79. The molecule has 0 radical (unpaired) electrons. The van der Waals surface area contributed by atoms with Crippen LogP contribution in [0.25, 0.3) is 0 Å². The molecule has 0 aromatic heterocycles. The van der Waals surface area contributed by atoms with E-state index in [1.165, 1.54) is 12.8 Å². The summed E-state index contributed by atoms with van der Waals surface area (Å²) in [7, 11) is 0. The molecule has 1 aliphatic carbocycles. The molecule has 1 N–H and O–H groups in total. The second-order valence-electron chi connectivity index (χ2n) is 5.08. The first kappa shape index (κ1) is 9.47. The number of nitrogens with one attached hydrogen (secondary N) is 1. The van der Waals surface area contributed by atoms with Crippen LogP contribution >= 0.6 is 0 Å². The van der Waals surface area contributed by atoms with Crippen molar-refractivity contribution in [1.29, 1.82) is 0 Å². The molecule has 0 aromatic carbocycles. The fraction of sp³-hybridized carbons (Fsp3) is 1.00. The smallest absolute Gasteiger partial charge is 0.0549 e. The van der Waals surface area contributed by atoms with Gasteiger partial charge in [-0.2, -0.15) is 0 Å². The molecule has 0 bridgehead atoms. The number of ether oxygens (including phenoxy) is 1. The fourth-order valence-electron chi connectivity index (χ4n) is 1.84. The van der Waals surface area contributed by atoms with E-state index in [9.17, 15) is 0 Å². The van der Waals surface area contributed by atoms with Crippen molar-refractivity contribution in [1.82, 2.24) is 5.32 Å². The summed E-state index contributed by atoms with van der Waals surface area (Å²) in [5, 5.41) is 3.36. The van der Waals surface area contributed by atoms with Crippen molar-refractivity contribution < 1.29 is 4.74 Å². The van der Waals surface area contributed by atoms with Gasteiger partial charge < -0.3 is 10.1 Å². The van der Waals surface area contributed by atoms with E-state index in [1.807, 2.05) is 0 Å². The van der Waals surface area contributed by atoms with Crippen LogP contribution < -0.4 is 5.32 Å². The van der Waals surface area contributed by atoms with Gasteiger partial charge in [-0.05, 0) is 24.7 Å². The summed E-state index contributed by atoms with van der Waals surface area (Å²) >= 11 is 0. The molecular weight excluding hydrogens is 162 g/mol. The molecule has 0 unspecified atom stereocenters. The third kappa shape index (κ3) is 2.05. The highest BCUT2D eigenvalue weighted by molar-refractivity contribution is 4.94. The van der Waals surface area contributed by atoms with Gasteiger partial charge in [0.2, 0.25) is 0 Å². The summed E-state index contributed by atoms with van der Waals surface area (Å²) < 4.78 is 5.79. The largest absolute Gasteiger partial charge is 0.380 e. The first-order valence-electron chi connectivity index (χ1n) is 5.51. The van der Waals surface area contributed by atoms with E-state index in [0.29, 0.717) is 5.41 Å². The minimum absolute atomic E-state index is 0.453. The van der Waals surface area contributed by atoms with Crippen LogP contribution in [0.2, 0.25) is 0 Å². The second-order valence-corrected chi connectivity index (χ2v) is 5.08. The predicted octanol–water partition coefficient (Wildman–Crippen LogP) is 1.66. The zero-order chi connectivity index (χ0) is 9.31. The first-order valence-corrected chi connectivity index (χ1v) is 5.51. The molecule has 0 spiro atoms. The Morgan fingerprint density at radius 3 is 2.46 bits per heavy atom. The Morgan fingerprint density at radius 2 is 2.08 bits per heavy atom. The standard InChI is InChI=1S/C11H21NO/c1-9(2)11(6-12-7-11)8-13-5-10-3-4-10/h9-10,12H,3-8H2,1-2H3. The monoisotopic (exact) mass is 183 g/mol. The molecule has 13 heavy (non-hydrogen) atoms. The van der Waals surface area contributed by atoms with E-state index in [1.54, 1.807) is 0 Å². The predicted molar refractivity (Wildman–Crippen MR) is 53.7 cm³/mol. The van der Waals surface area contributed by atoms with Crippen molar-refractivity contribution in [2.24, 2.45) is 17.3 Å². The Kier molecular flexibility index (Phi) is 2.61. The van der Waals surface area contributed by atoms with Gasteiger partial charge in [-0.15, -0.1) is 0 Å². The number of rotatable bonds is 5. The Morgan fingerprint density at radius 1 is 1.38 bits per heavy atom. The Hall–Kier alpha value is -0.0800. The zero-order valence-electron chi connectivity index (χ0n) is 8.81. The lowest BCUT2D eigenvalue weighted by atomic mass is 9.73. The minimum atomic E-state index is 0.453. The van der Waals surface area contributed by atoms with Crippen LogP contribution in [-0.2, 0) is 4.74 Å². The summed E-state index contributed by atoms with van der Waals surface area (Å²) in [6.07, 6.45) is 2.79. The number of hydrogen-bond donors (Lipinski definition) is 1. The quantitative estimate of drug-likeness (QED) is 0.700. The molecule has 0 atom stereocenters. The summed E-state index contributed by atoms with van der Waals surface area (Å²) in [4.78, 5) is 0. The van der Waals surface area contributed by atoms with Crippen LogP contribution in [-0.4, -0.2) is 26.3 Å². The molecule has 2 fully saturated rings. The third-order valence-electron chi connectivity index (χ3n) is 3.62. The van der Waals surface area contributed by atoms with E-state index in [-0.39, 0.29) is 0 Å². The topological polar surface area (TPSA) is 21.3 Å². The molecule has 2 heteroatoms. The molecule has 1 aliphatic heterocycles. The van der Waals surface area contributed by atoms with Crippen molar-refractivity contribution in [3.05, 3.63) is 0 Å². The lowest BCUT2D eigenvalue weighted by molar-refractivity contribution is -0.0231. The molecule has 1 saturated carbocycles. The van der Waals surface area contributed by atoms with Gasteiger partial charge in [-0.1, -0.05) is 13.8 Å². The van der Waals surface area contributed by atoms with E-state index in [4.69, 9.17) is 4.74 Å². The minimum Gasteiger partial charge on any atom is -0.380 e. The SMILES string of the molecule is CC(C)C1(COCC2CC2)CNC1. The van der Waals surface area contributed by atoms with Gasteiger partial charge in [0.1, 0.15) is 0 Å². The molecule has 2 nitrogen and oxygen atoms in total. The van der Waals surface area contributed by atoms with Crippen molar-refractivity contribution in [2.75, 3.05) is 26.3 Å². The highest BCUT2D eigenvalue weighted by Gasteiger charge is 2.40. The van der Waals surface area contributed by atoms with Crippen LogP contribution in [0.5, 0.6) is 0 Å². The van der Waals surface area contributed by atoms with Crippen molar-refractivity contribution in [2.45, 2.75) is 26.7 Å².